The third kappa shape index (κ3) is 3.76. The number of rotatable bonds is 7. The van der Waals surface area contributed by atoms with Gasteiger partial charge in [-0.1, -0.05) is 50.0 Å². The Morgan fingerprint density at radius 3 is 2.43 bits per heavy atom. The monoisotopic (exact) mass is 304 g/mol. The predicted molar refractivity (Wildman–Crippen MR) is 89.3 cm³/mol. The topological polar surface area (TPSA) is 32.8 Å². The van der Waals surface area contributed by atoms with Crippen molar-refractivity contribution in [1.82, 2.24) is 0 Å². The van der Waals surface area contributed by atoms with Crippen LogP contribution >= 0.6 is 0 Å². The first-order chi connectivity index (χ1) is 9.97. The average molecular weight is 305 g/mol. The van der Waals surface area contributed by atoms with E-state index in [9.17, 15) is 5.11 Å². The van der Waals surface area contributed by atoms with Gasteiger partial charge in [-0.15, -0.1) is 0 Å². The minimum Gasteiger partial charge on any atom is -0.393 e. The summed E-state index contributed by atoms with van der Waals surface area (Å²) in [5.74, 6) is 0.556. The fourth-order valence-electron chi connectivity index (χ4n) is 3.59. The SMILES string of the molecule is C[Si](C)(C)[C@H]([C@@H]1O[C@H]1CCc1ccccc1)[C@H](O)C1CC1. The standard InChI is InChI=1S/C18H28O2Si/c1-21(2,3)18(16(19)14-10-11-14)17-15(20-17)12-9-13-7-5-4-6-8-13/h4-8,14-19H,9-12H2,1-3H3/t15-,16+,17+,18-/m0/s1. The second kappa shape index (κ2) is 5.86. The summed E-state index contributed by atoms with van der Waals surface area (Å²) in [4.78, 5) is 0. The van der Waals surface area contributed by atoms with Gasteiger partial charge in [0.1, 0.15) is 0 Å². The van der Waals surface area contributed by atoms with Crippen molar-refractivity contribution in [2.75, 3.05) is 0 Å². The van der Waals surface area contributed by atoms with Crippen LogP contribution in [-0.2, 0) is 11.2 Å². The van der Waals surface area contributed by atoms with Gasteiger partial charge < -0.3 is 9.84 Å². The minimum absolute atomic E-state index is 0.122. The first-order valence-electron chi connectivity index (χ1n) is 8.34. The van der Waals surface area contributed by atoms with Crippen molar-refractivity contribution in [3.05, 3.63) is 35.9 Å². The van der Waals surface area contributed by atoms with Crippen LogP contribution in [0, 0.1) is 5.92 Å². The molecule has 1 N–H and O–H groups in total. The number of ether oxygens (including phenoxy) is 1. The summed E-state index contributed by atoms with van der Waals surface area (Å²) in [6, 6.07) is 10.6. The Hall–Kier alpha value is -0.643. The third-order valence-corrected chi connectivity index (χ3v) is 7.68. The Kier molecular flexibility index (Phi) is 4.26. The van der Waals surface area contributed by atoms with Crippen LogP contribution < -0.4 is 0 Å². The van der Waals surface area contributed by atoms with Gasteiger partial charge in [0.05, 0.1) is 26.4 Å². The Morgan fingerprint density at radius 1 is 1.19 bits per heavy atom. The van der Waals surface area contributed by atoms with Crippen LogP contribution in [0.4, 0.5) is 0 Å². The number of aliphatic hydroxyl groups excluding tert-OH is 1. The van der Waals surface area contributed by atoms with Gasteiger partial charge in [-0.3, -0.25) is 0 Å². The molecule has 1 heterocycles. The quantitative estimate of drug-likeness (QED) is 0.613. The van der Waals surface area contributed by atoms with E-state index >= 15 is 0 Å². The summed E-state index contributed by atoms with van der Waals surface area (Å²) in [6.07, 6.45) is 5.16. The number of aliphatic hydroxyl groups is 1. The van der Waals surface area contributed by atoms with E-state index in [0.29, 0.717) is 23.7 Å². The maximum atomic E-state index is 10.7. The largest absolute Gasteiger partial charge is 0.393 e. The lowest BCUT2D eigenvalue weighted by Crippen LogP contribution is -2.41. The molecule has 4 atom stereocenters. The normalized spacial score (nSPS) is 28.2. The lowest BCUT2D eigenvalue weighted by atomic mass is 10.0. The zero-order valence-electron chi connectivity index (χ0n) is 13.5. The first kappa shape index (κ1) is 15.3. The van der Waals surface area contributed by atoms with Crippen molar-refractivity contribution in [2.24, 2.45) is 5.92 Å². The molecule has 0 spiro atoms. The van der Waals surface area contributed by atoms with E-state index in [1.165, 1.54) is 18.4 Å². The minimum atomic E-state index is -1.40. The van der Waals surface area contributed by atoms with Crippen LogP contribution in [-0.4, -0.2) is 31.5 Å². The average Bonchev–Trinajstić information content (AvgIpc) is 3.31. The molecule has 0 bridgehead atoms. The summed E-state index contributed by atoms with van der Waals surface area (Å²) < 4.78 is 6.00. The summed E-state index contributed by atoms with van der Waals surface area (Å²) in [5.41, 5.74) is 1.80. The highest BCUT2D eigenvalue weighted by molar-refractivity contribution is 6.78. The highest BCUT2D eigenvalue weighted by Gasteiger charge is 2.54. The van der Waals surface area contributed by atoms with Crippen LogP contribution in [0.5, 0.6) is 0 Å². The summed E-state index contributed by atoms with van der Waals surface area (Å²) >= 11 is 0. The third-order valence-electron chi connectivity index (χ3n) is 5.01. The molecule has 1 aliphatic heterocycles. The molecule has 0 amide bonds. The van der Waals surface area contributed by atoms with Gasteiger partial charge in [-0.05, 0) is 37.2 Å². The second-order valence-electron chi connectivity index (χ2n) is 7.88. The zero-order chi connectivity index (χ0) is 15.0. The van der Waals surface area contributed by atoms with Crippen LogP contribution in [0.3, 0.4) is 0 Å². The molecule has 1 aromatic carbocycles. The fraction of sp³-hybridized carbons (Fsp3) is 0.667. The van der Waals surface area contributed by atoms with Crippen molar-refractivity contribution >= 4 is 8.07 Å². The second-order valence-corrected chi connectivity index (χ2v) is 13.3. The fourth-order valence-corrected chi connectivity index (χ4v) is 6.16. The van der Waals surface area contributed by atoms with Crippen LogP contribution in [0.25, 0.3) is 0 Å². The zero-order valence-corrected chi connectivity index (χ0v) is 14.5. The van der Waals surface area contributed by atoms with Gasteiger partial charge in [0.25, 0.3) is 0 Å². The van der Waals surface area contributed by atoms with Gasteiger partial charge in [0.2, 0.25) is 0 Å². The lowest BCUT2D eigenvalue weighted by Gasteiger charge is -2.32. The maximum Gasteiger partial charge on any atom is 0.0870 e. The molecule has 21 heavy (non-hydrogen) atoms. The van der Waals surface area contributed by atoms with Crippen molar-refractivity contribution in [1.29, 1.82) is 0 Å². The smallest absolute Gasteiger partial charge is 0.0870 e. The van der Waals surface area contributed by atoms with Gasteiger partial charge >= 0.3 is 0 Å². The Morgan fingerprint density at radius 2 is 1.86 bits per heavy atom. The molecule has 3 heteroatoms. The van der Waals surface area contributed by atoms with E-state index in [0.717, 1.165) is 12.8 Å². The van der Waals surface area contributed by atoms with E-state index in [2.05, 4.69) is 50.0 Å². The van der Waals surface area contributed by atoms with E-state index in [1.807, 2.05) is 0 Å². The number of benzene rings is 1. The van der Waals surface area contributed by atoms with E-state index in [4.69, 9.17) is 4.74 Å². The van der Waals surface area contributed by atoms with Gasteiger partial charge in [0.15, 0.2) is 0 Å². The molecule has 2 aliphatic rings. The molecule has 1 aromatic rings. The van der Waals surface area contributed by atoms with Crippen LogP contribution in [0.2, 0.25) is 25.2 Å². The summed E-state index contributed by atoms with van der Waals surface area (Å²) in [5, 5.41) is 10.7. The molecule has 116 valence electrons. The highest BCUT2D eigenvalue weighted by Crippen LogP contribution is 2.49. The lowest BCUT2D eigenvalue weighted by molar-refractivity contribution is 0.127. The molecular formula is C18H28O2Si. The van der Waals surface area contributed by atoms with Gasteiger partial charge in [0, 0.05) is 5.54 Å². The molecule has 0 radical (unpaired) electrons. The molecular weight excluding hydrogens is 276 g/mol. The first-order valence-corrected chi connectivity index (χ1v) is 11.9. The molecule has 0 aromatic heterocycles. The van der Waals surface area contributed by atoms with Crippen LogP contribution in [0.1, 0.15) is 24.8 Å². The van der Waals surface area contributed by atoms with Crippen LogP contribution in [0.15, 0.2) is 30.3 Å². The van der Waals surface area contributed by atoms with Gasteiger partial charge in [-0.2, -0.15) is 0 Å². The van der Waals surface area contributed by atoms with E-state index < -0.39 is 8.07 Å². The molecule has 1 aliphatic carbocycles. The van der Waals surface area contributed by atoms with Crippen molar-refractivity contribution in [3.8, 4) is 0 Å². The number of epoxide rings is 1. The Bertz CT molecular complexity index is 464. The van der Waals surface area contributed by atoms with E-state index in [-0.39, 0.29) is 6.10 Å². The number of hydrogen-bond donors (Lipinski definition) is 1. The molecule has 0 unspecified atom stereocenters. The summed E-state index contributed by atoms with van der Waals surface area (Å²) in [6.45, 7) is 7.12. The molecule has 1 saturated heterocycles. The molecule has 1 saturated carbocycles. The molecule has 2 fully saturated rings. The van der Waals surface area contributed by atoms with Gasteiger partial charge in [-0.25, -0.2) is 0 Å². The van der Waals surface area contributed by atoms with Crippen molar-refractivity contribution in [2.45, 2.75) is 69.2 Å². The summed E-state index contributed by atoms with van der Waals surface area (Å²) in [7, 11) is -1.40. The Balaban J connectivity index is 1.56. The highest BCUT2D eigenvalue weighted by atomic mass is 28.3. The van der Waals surface area contributed by atoms with Crippen molar-refractivity contribution in [3.63, 3.8) is 0 Å². The van der Waals surface area contributed by atoms with E-state index in [1.54, 1.807) is 0 Å². The molecule has 3 rings (SSSR count). The Labute approximate surface area is 129 Å². The number of hydrogen-bond acceptors (Lipinski definition) is 2. The van der Waals surface area contributed by atoms with Crippen molar-refractivity contribution < 1.29 is 9.84 Å². The number of aryl methyl sites for hydroxylation is 1. The predicted octanol–water partition coefficient (Wildman–Crippen LogP) is 3.87. The maximum absolute atomic E-state index is 10.7. The molecule has 2 nitrogen and oxygen atoms in total.